The summed E-state index contributed by atoms with van der Waals surface area (Å²) in [7, 11) is 0. The van der Waals surface area contributed by atoms with Crippen molar-refractivity contribution in [2.75, 3.05) is 6.54 Å². The summed E-state index contributed by atoms with van der Waals surface area (Å²) in [5, 5.41) is 12.2. The van der Waals surface area contributed by atoms with Crippen LogP contribution in [-0.2, 0) is 13.2 Å². The van der Waals surface area contributed by atoms with E-state index in [-0.39, 0.29) is 18.2 Å². The van der Waals surface area contributed by atoms with Crippen LogP contribution in [0.15, 0.2) is 28.8 Å². The molecule has 0 bridgehead atoms. The highest BCUT2D eigenvalue weighted by molar-refractivity contribution is 6.31. The Balaban J connectivity index is 1.61. The molecule has 0 saturated carbocycles. The Bertz CT molecular complexity index is 997. The Hall–Kier alpha value is -2.51. The van der Waals surface area contributed by atoms with Crippen molar-refractivity contribution < 1.29 is 14.1 Å². The maximum atomic E-state index is 12.5. The zero-order valence-electron chi connectivity index (χ0n) is 15.8. The van der Waals surface area contributed by atoms with Crippen LogP contribution < -0.4 is 10.1 Å². The van der Waals surface area contributed by atoms with E-state index in [0.29, 0.717) is 40.2 Å². The number of aromatic nitrogens is 3. The summed E-state index contributed by atoms with van der Waals surface area (Å²) >= 11 is 12.1. The summed E-state index contributed by atoms with van der Waals surface area (Å²) < 4.78 is 12.7. The quantitative estimate of drug-likeness (QED) is 0.619. The zero-order chi connectivity index (χ0) is 20.3. The monoisotopic (exact) mass is 422 g/mol. The molecule has 0 aliphatic heterocycles. The molecule has 0 unspecified atom stereocenters. The van der Waals surface area contributed by atoms with Gasteiger partial charge in [-0.3, -0.25) is 9.48 Å². The number of carbonyl (C=O) groups is 1. The number of aryl methyl sites for hydroxylation is 2. The second-order valence-corrected chi connectivity index (χ2v) is 7.09. The van der Waals surface area contributed by atoms with E-state index in [2.05, 4.69) is 15.6 Å². The van der Waals surface area contributed by atoms with Crippen LogP contribution in [0.3, 0.4) is 0 Å². The highest BCUT2D eigenvalue weighted by Crippen LogP contribution is 2.21. The van der Waals surface area contributed by atoms with Crippen LogP contribution >= 0.6 is 23.2 Å². The molecule has 0 radical (unpaired) electrons. The average molecular weight is 423 g/mol. The van der Waals surface area contributed by atoms with E-state index < -0.39 is 0 Å². The van der Waals surface area contributed by atoms with Crippen LogP contribution in [0.1, 0.15) is 33.2 Å². The summed E-state index contributed by atoms with van der Waals surface area (Å²) in [4.78, 5) is 12.5. The zero-order valence-corrected chi connectivity index (χ0v) is 17.3. The predicted molar refractivity (Wildman–Crippen MR) is 106 cm³/mol. The van der Waals surface area contributed by atoms with Gasteiger partial charge in [-0.15, -0.1) is 0 Å². The number of benzene rings is 1. The van der Waals surface area contributed by atoms with Gasteiger partial charge in [0.2, 0.25) is 0 Å². The number of carbonyl (C=O) groups excluding carboxylic acids is 1. The fraction of sp³-hybridized carbons (Fsp3) is 0.316. The number of ether oxygens (including phenoxy) is 1. The number of nitrogens with one attached hydrogen (secondary N) is 1. The van der Waals surface area contributed by atoms with Crippen LogP contribution in [0, 0.1) is 20.8 Å². The Morgan fingerprint density at radius 1 is 1.29 bits per heavy atom. The molecule has 1 amide bonds. The first kappa shape index (κ1) is 20.2. The van der Waals surface area contributed by atoms with Gasteiger partial charge in [0.05, 0.1) is 28.5 Å². The van der Waals surface area contributed by atoms with E-state index in [1.807, 2.05) is 13.8 Å². The highest BCUT2D eigenvalue weighted by atomic mass is 35.5. The van der Waals surface area contributed by atoms with Gasteiger partial charge in [0.25, 0.3) is 5.91 Å². The van der Waals surface area contributed by atoms with Gasteiger partial charge in [-0.2, -0.15) is 5.10 Å². The van der Waals surface area contributed by atoms with Crippen molar-refractivity contribution in [1.82, 2.24) is 20.3 Å². The maximum absolute atomic E-state index is 12.5. The molecule has 1 aromatic carbocycles. The Labute approximate surface area is 172 Å². The summed E-state index contributed by atoms with van der Waals surface area (Å²) in [6.07, 6.45) is 0. The fourth-order valence-electron chi connectivity index (χ4n) is 2.70. The third-order valence-electron chi connectivity index (χ3n) is 4.28. The van der Waals surface area contributed by atoms with E-state index in [1.165, 1.54) is 0 Å². The molecule has 0 aliphatic carbocycles. The van der Waals surface area contributed by atoms with Crippen LogP contribution in [0.25, 0.3) is 0 Å². The van der Waals surface area contributed by atoms with E-state index in [9.17, 15) is 4.79 Å². The molecule has 1 N–H and O–H groups in total. The smallest absolute Gasteiger partial charge is 0.273 e. The van der Waals surface area contributed by atoms with Crippen molar-refractivity contribution >= 4 is 29.1 Å². The van der Waals surface area contributed by atoms with Crippen molar-refractivity contribution in [3.8, 4) is 5.75 Å². The molecule has 0 spiro atoms. The Morgan fingerprint density at radius 3 is 2.75 bits per heavy atom. The first-order chi connectivity index (χ1) is 13.4. The number of amides is 1. The Kier molecular flexibility index (Phi) is 6.26. The lowest BCUT2D eigenvalue weighted by Crippen LogP contribution is -2.29. The maximum Gasteiger partial charge on any atom is 0.273 e. The first-order valence-corrected chi connectivity index (χ1v) is 9.43. The highest BCUT2D eigenvalue weighted by Gasteiger charge is 2.20. The summed E-state index contributed by atoms with van der Waals surface area (Å²) in [6, 6.07) is 7.03. The molecule has 0 atom stereocenters. The largest absolute Gasteiger partial charge is 0.489 e. The van der Waals surface area contributed by atoms with Gasteiger partial charge in [0.1, 0.15) is 18.1 Å². The number of nitrogens with zero attached hydrogens (tertiary/aromatic N) is 3. The first-order valence-electron chi connectivity index (χ1n) is 8.68. The SMILES string of the molecule is Cc1nn(CCNC(=O)c2noc(C)c2COc2cccc(Cl)c2)c(C)c1Cl. The van der Waals surface area contributed by atoms with Crippen molar-refractivity contribution in [1.29, 1.82) is 0 Å². The molecule has 0 fully saturated rings. The minimum absolute atomic E-state index is 0.144. The topological polar surface area (TPSA) is 82.2 Å². The van der Waals surface area contributed by atoms with Crippen molar-refractivity contribution in [3.63, 3.8) is 0 Å². The van der Waals surface area contributed by atoms with E-state index in [1.54, 1.807) is 35.9 Å². The number of rotatable bonds is 7. The van der Waals surface area contributed by atoms with E-state index >= 15 is 0 Å². The lowest BCUT2D eigenvalue weighted by molar-refractivity contribution is 0.0940. The van der Waals surface area contributed by atoms with Crippen LogP contribution in [0.2, 0.25) is 10.0 Å². The van der Waals surface area contributed by atoms with Crippen molar-refractivity contribution in [3.05, 3.63) is 62.7 Å². The second-order valence-electron chi connectivity index (χ2n) is 6.28. The van der Waals surface area contributed by atoms with Gasteiger partial charge >= 0.3 is 0 Å². The van der Waals surface area contributed by atoms with Gasteiger partial charge in [-0.25, -0.2) is 0 Å². The van der Waals surface area contributed by atoms with E-state index in [4.69, 9.17) is 32.5 Å². The molecule has 148 valence electrons. The third-order valence-corrected chi connectivity index (χ3v) is 5.06. The van der Waals surface area contributed by atoms with Gasteiger partial charge in [-0.05, 0) is 39.0 Å². The molecule has 3 rings (SSSR count). The minimum atomic E-state index is -0.339. The lowest BCUT2D eigenvalue weighted by Gasteiger charge is -2.08. The van der Waals surface area contributed by atoms with Gasteiger partial charge in [0.15, 0.2) is 5.69 Å². The summed E-state index contributed by atoms with van der Waals surface area (Å²) in [6.45, 7) is 6.48. The van der Waals surface area contributed by atoms with Crippen molar-refractivity contribution in [2.24, 2.45) is 0 Å². The number of halogens is 2. The van der Waals surface area contributed by atoms with Gasteiger partial charge < -0.3 is 14.6 Å². The van der Waals surface area contributed by atoms with Crippen LogP contribution in [0.5, 0.6) is 5.75 Å². The molecular formula is C19H20Cl2N4O3. The molecule has 9 heteroatoms. The number of hydrogen-bond donors (Lipinski definition) is 1. The summed E-state index contributed by atoms with van der Waals surface area (Å²) in [5.74, 6) is 0.785. The normalized spacial score (nSPS) is 10.9. The molecule has 0 aliphatic rings. The molecule has 7 nitrogen and oxygen atoms in total. The number of hydrogen-bond acceptors (Lipinski definition) is 5. The molecule has 2 heterocycles. The Morgan fingerprint density at radius 2 is 2.07 bits per heavy atom. The van der Waals surface area contributed by atoms with E-state index in [0.717, 1.165) is 11.4 Å². The fourth-order valence-corrected chi connectivity index (χ4v) is 3.02. The second kappa shape index (κ2) is 8.67. The minimum Gasteiger partial charge on any atom is -0.489 e. The lowest BCUT2D eigenvalue weighted by atomic mass is 10.2. The molecular weight excluding hydrogens is 403 g/mol. The van der Waals surface area contributed by atoms with Gasteiger partial charge in [-0.1, -0.05) is 34.4 Å². The summed E-state index contributed by atoms with van der Waals surface area (Å²) in [5.41, 5.74) is 2.41. The predicted octanol–water partition coefficient (Wildman–Crippen LogP) is 4.11. The van der Waals surface area contributed by atoms with Crippen LogP contribution in [0.4, 0.5) is 0 Å². The molecule has 0 saturated heterocycles. The molecule has 3 aromatic rings. The average Bonchev–Trinajstić information content (AvgIpc) is 3.15. The van der Waals surface area contributed by atoms with Crippen LogP contribution in [-0.4, -0.2) is 27.4 Å². The standard InChI is InChI=1S/C19H20Cl2N4O3/c1-11-17(21)12(2)25(23-11)8-7-22-19(26)18-16(13(3)28-24-18)10-27-15-6-4-5-14(20)9-15/h4-6,9H,7-8,10H2,1-3H3,(H,22,26). The van der Waals surface area contributed by atoms with Crippen molar-refractivity contribution in [2.45, 2.75) is 33.9 Å². The molecule has 28 heavy (non-hydrogen) atoms. The molecule has 2 aromatic heterocycles. The third kappa shape index (κ3) is 4.48. The van der Waals surface area contributed by atoms with Gasteiger partial charge in [0, 0.05) is 11.6 Å².